The first-order valence-corrected chi connectivity index (χ1v) is 7.47. The minimum atomic E-state index is -1.04. The van der Waals surface area contributed by atoms with Gasteiger partial charge in [-0.05, 0) is 17.5 Å². The van der Waals surface area contributed by atoms with Crippen molar-refractivity contribution in [2.45, 2.75) is 25.8 Å². The second kappa shape index (κ2) is 6.64. The van der Waals surface area contributed by atoms with Crippen molar-refractivity contribution in [2.75, 3.05) is 6.54 Å². The van der Waals surface area contributed by atoms with Crippen LogP contribution in [0.4, 0.5) is 0 Å². The number of benzene rings is 1. The average Bonchev–Trinajstić information content (AvgIpc) is 2.51. The first-order chi connectivity index (χ1) is 10.9. The van der Waals surface area contributed by atoms with Crippen molar-refractivity contribution >= 4 is 18.1 Å². The van der Waals surface area contributed by atoms with E-state index in [1.807, 2.05) is 13.8 Å². The third-order valence-electron chi connectivity index (χ3n) is 3.97. The van der Waals surface area contributed by atoms with Gasteiger partial charge in [0.1, 0.15) is 5.92 Å². The fraction of sp³-hybridized carbons (Fsp3) is 0.353. The summed E-state index contributed by atoms with van der Waals surface area (Å²) in [6, 6.07) is 5.96. The number of rotatable bonds is 5. The zero-order chi connectivity index (χ0) is 17.1. The average molecular weight is 315 g/mol. The summed E-state index contributed by atoms with van der Waals surface area (Å²) in [5.41, 5.74) is 6.78. The van der Waals surface area contributed by atoms with Crippen molar-refractivity contribution in [1.82, 2.24) is 4.90 Å². The zero-order valence-corrected chi connectivity index (χ0v) is 13.2. The third-order valence-corrected chi connectivity index (χ3v) is 3.97. The van der Waals surface area contributed by atoms with Gasteiger partial charge in [0.25, 0.3) is 5.91 Å². The summed E-state index contributed by atoms with van der Waals surface area (Å²) >= 11 is 0. The van der Waals surface area contributed by atoms with Gasteiger partial charge in [0, 0.05) is 30.1 Å². The van der Waals surface area contributed by atoms with Crippen LogP contribution in [0.15, 0.2) is 36.0 Å². The van der Waals surface area contributed by atoms with Crippen molar-refractivity contribution in [2.24, 2.45) is 11.7 Å². The molecule has 2 atom stereocenters. The molecule has 0 spiro atoms. The van der Waals surface area contributed by atoms with Gasteiger partial charge < -0.3 is 21.1 Å². The molecule has 1 aromatic carbocycles. The Morgan fingerprint density at radius 1 is 1.43 bits per heavy atom. The van der Waals surface area contributed by atoms with E-state index < -0.39 is 17.9 Å². The zero-order valence-electron chi connectivity index (χ0n) is 13.2. The lowest BCUT2D eigenvalue weighted by Gasteiger charge is -2.41. The Kier molecular flexibility index (Phi) is 4.83. The van der Waals surface area contributed by atoms with E-state index in [9.17, 15) is 14.7 Å². The van der Waals surface area contributed by atoms with Gasteiger partial charge in [0.2, 0.25) is 0 Å². The number of aliphatic carboxylic acids is 1. The summed E-state index contributed by atoms with van der Waals surface area (Å²) in [5, 5.41) is 17.3. The second-order valence-corrected chi connectivity index (χ2v) is 6.01. The van der Waals surface area contributed by atoms with Crippen molar-refractivity contribution in [1.29, 1.82) is 5.41 Å². The van der Waals surface area contributed by atoms with E-state index in [0.717, 1.165) is 6.21 Å². The van der Waals surface area contributed by atoms with Crippen LogP contribution in [-0.4, -0.2) is 40.7 Å². The van der Waals surface area contributed by atoms with Gasteiger partial charge in [0.05, 0.1) is 6.04 Å². The quantitative estimate of drug-likeness (QED) is 0.720. The molecule has 1 heterocycles. The number of hydrogen-bond acceptors (Lipinski definition) is 4. The highest BCUT2D eigenvalue weighted by molar-refractivity contribution is 6.01. The second-order valence-electron chi connectivity index (χ2n) is 6.01. The maximum absolute atomic E-state index is 12.9. The number of carboxylic acids is 1. The van der Waals surface area contributed by atoms with Crippen LogP contribution in [0.3, 0.4) is 0 Å². The van der Waals surface area contributed by atoms with Crippen LogP contribution >= 0.6 is 0 Å². The van der Waals surface area contributed by atoms with Gasteiger partial charge in [-0.25, -0.2) is 0 Å². The Morgan fingerprint density at radius 3 is 2.61 bits per heavy atom. The minimum Gasteiger partial charge on any atom is -0.481 e. The van der Waals surface area contributed by atoms with E-state index in [2.05, 4.69) is 0 Å². The number of hydrogen-bond donors (Lipinski definition) is 3. The van der Waals surface area contributed by atoms with Gasteiger partial charge in [-0.3, -0.25) is 9.59 Å². The molecule has 0 saturated heterocycles. The molecule has 1 amide bonds. The fourth-order valence-corrected chi connectivity index (χ4v) is 3.06. The number of amides is 1. The Morgan fingerprint density at radius 2 is 2.09 bits per heavy atom. The molecule has 4 N–H and O–H groups in total. The first kappa shape index (κ1) is 16.7. The lowest BCUT2D eigenvalue weighted by molar-refractivity contribution is -0.140. The normalized spacial score (nSPS) is 21.3. The summed E-state index contributed by atoms with van der Waals surface area (Å²) < 4.78 is 0. The predicted octanol–water partition coefficient (Wildman–Crippen LogP) is 1.83. The molecule has 0 aromatic heterocycles. The molecule has 1 aliphatic rings. The van der Waals surface area contributed by atoms with E-state index in [1.54, 1.807) is 24.3 Å². The molecule has 0 fully saturated rings. The summed E-state index contributed by atoms with van der Waals surface area (Å²) in [6.45, 7) is 4.31. The predicted molar refractivity (Wildman–Crippen MR) is 87.5 cm³/mol. The molecule has 0 bridgehead atoms. The standard InChI is InChI=1S/C17H21N3O3/c1-10(2)9-20-15(11(7-18)8-19)14(17(22)23)12-5-3-4-6-13(12)16(20)21/h3-8,10,14-15,18H,9,19H2,1-2H3,(H,22,23). The summed E-state index contributed by atoms with van der Waals surface area (Å²) in [5.74, 6) is -2.05. The number of carbonyl (C=O) groups excluding carboxylic acids is 1. The van der Waals surface area contributed by atoms with Gasteiger partial charge in [-0.1, -0.05) is 32.0 Å². The number of carbonyl (C=O) groups is 2. The summed E-state index contributed by atoms with van der Waals surface area (Å²) in [7, 11) is 0. The monoisotopic (exact) mass is 315 g/mol. The Bertz CT molecular complexity index is 667. The van der Waals surface area contributed by atoms with Crippen LogP contribution < -0.4 is 5.73 Å². The molecule has 6 heteroatoms. The fourth-order valence-electron chi connectivity index (χ4n) is 3.06. The number of nitrogens with one attached hydrogen (secondary N) is 1. The molecule has 122 valence electrons. The lowest BCUT2D eigenvalue weighted by atomic mass is 9.79. The van der Waals surface area contributed by atoms with Crippen LogP contribution in [0.2, 0.25) is 0 Å². The number of carboxylic acid groups (broad SMARTS) is 1. The number of nitrogens with zero attached hydrogens (tertiary/aromatic N) is 1. The van der Waals surface area contributed by atoms with Crippen molar-refractivity contribution < 1.29 is 14.7 Å². The number of nitrogens with two attached hydrogens (primary N) is 1. The molecule has 23 heavy (non-hydrogen) atoms. The molecule has 0 aliphatic carbocycles. The maximum Gasteiger partial charge on any atom is 0.313 e. The van der Waals surface area contributed by atoms with E-state index in [0.29, 0.717) is 23.2 Å². The molecule has 2 unspecified atom stereocenters. The highest BCUT2D eigenvalue weighted by Gasteiger charge is 2.44. The Balaban J connectivity index is 2.68. The molecule has 2 rings (SSSR count). The summed E-state index contributed by atoms with van der Waals surface area (Å²) in [6.07, 6.45) is 2.23. The highest BCUT2D eigenvalue weighted by Crippen LogP contribution is 2.36. The van der Waals surface area contributed by atoms with Gasteiger partial charge in [-0.2, -0.15) is 0 Å². The molecule has 1 aliphatic heterocycles. The van der Waals surface area contributed by atoms with E-state index >= 15 is 0 Å². The third kappa shape index (κ3) is 2.97. The number of fused-ring (bicyclic) bond motifs is 1. The molecule has 1 aromatic rings. The molecule has 0 saturated carbocycles. The van der Waals surface area contributed by atoms with Gasteiger partial charge in [0.15, 0.2) is 0 Å². The van der Waals surface area contributed by atoms with Crippen molar-refractivity contribution in [3.63, 3.8) is 0 Å². The Labute approximate surface area is 135 Å². The smallest absolute Gasteiger partial charge is 0.313 e. The van der Waals surface area contributed by atoms with E-state index in [4.69, 9.17) is 11.1 Å². The van der Waals surface area contributed by atoms with Crippen molar-refractivity contribution in [3.05, 3.63) is 47.2 Å². The lowest BCUT2D eigenvalue weighted by Crippen LogP contribution is -2.52. The van der Waals surface area contributed by atoms with Gasteiger partial charge in [-0.15, -0.1) is 0 Å². The van der Waals surface area contributed by atoms with Crippen LogP contribution in [0.1, 0.15) is 35.7 Å². The molecule has 0 radical (unpaired) electrons. The van der Waals surface area contributed by atoms with Gasteiger partial charge >= 0.3 is 5.97 Å². The van der Waals surface area contributed by atoms with Crippen molar-refractivity contribution in [3.8, 4) is 0 Å². The minimum absolute atomic E-state index is 0.158. The largest absolute Gasteiger partial charge is 0.481 e. The molecular weight excluding hydrogens is 294 g/mol. The van der Waals surface area contributed by atoms with E-state index in [-0.39, 0.29) is 11.8 Å². The molecular formula is C17H21N3O3. The first-order valence-electron chi connectivity index (χ1n) is 7.47. The maximum atomic E-state index is 12.9. The molecule has 6 nitrogen and oxygen atoms in total. The van der Waals surface area contributed by atoms with Crippen LogP contribution in [-0.2, 0) is 4.79 Å². The van der Waals surface area contributed by atoms with Crippen LogP contribution in [0, 0.1) is 11.3 Å². The summed E-state index contributed by atoms with van der Waals surface area (Å²) in [4.78, 5) is 26.3. The van der Waals surface area contributed by atoms with Crippen LogP contribution in [0.5, 0.6) is 0 Å². The highest BCUT2D eigenvalue weighted by atomic mass is 16.4. The topological polar surface area (TPSA) is 107 Å². The Hall–Kier alpha value is -2.63. The SMILES string of the molecule is CC(C)CN1C(=O)c2ccccc2C(C(=O)O)C1C(C=N)=CN. The van der Waals surface area contributed by atoms with E-state index in [1.165, 1.54) is 11.1 Å². The van der Waals surface area contributed by atoms with Crippen LogP contribution in [0.25, 0.3) is 0 Å².